The molecule has 2 heterocycles. The van der Waals surface area contributed by atoms with E-state index in [0.717, 1.165) is 27.7 Å². The van der Waals surface area contributed by atoms with Gasteiger partial charge in [0.05, 0.1) is 42.3 Å². The van der Waals surface area contributed by atoms with E-state index in [9.17, 15) is 4.79 Å². The van der Waals surface area contributed by atoms with Gasteiger partial charge in [-0.1, -0.05) is 72.4 Å². The molecule has 0 atom stereocenters. The Morgan fingerprint density at radius 3 is 2.15 bits per heavy atom. The van der Waals surface area contributed by atoms with Gasteiger partial charge in [-0.3, -0.25) is 4.79 Å². The summed E-state index contributed by atoms with van der Waals surface area (Å²) in [6.07, 6.45) is 0. The van der Waals surface area contributed by atoms with Gasteiger partial charge in [-0.05, 0) is 6.07 Å². The average Bonchev–Trinajstić information content (AvgIpc) is 3.32. The second-order valence-electron chi connectivity index (χ2n) is 7.52. The molecule has 34 heavy (non-hydrogen) atoms. The fourth-order valence-electron chi connectivity index (χ4n) is 3.76. The molecule has 0 amide bonds. The van der Waals surface area contributed by atoms with Crippen LogP contribution >= 0.6 is 11.8 Å². The van der Waals surface area contributed by atoms with E-state index in [0.29, 0.717) is 34.0 Å². The van der Waals surface area contributed by atoms with Gasteiger partial charge < -0.3 is 19.4 Å². The lowest BCUT2D eigenvalue weighted by atomic mass is 10.1. The Balaban J connectivity index is 1.47. The molecule has 0 bridgehead atoms. The van der Waals surface area contributed by atoms with E-state index >= 15 is 0 Å². The predicted molar refractivity (Wildman–Crippen MR) is 134 cm³/mol. The van der Waals surface area contributed by atoms with Gasteiger partial charge >= 0.3 is 0 Å². The Hall–Kier alpha value is -4.04. The number of aromatic nitrogens is 4. The number of fused-ring (bicyclic) bond motifs is 1. The van der Waals surface area contributed by atoms with Gasteiger partial charge in [0.2, 0.25) is 0 Å². The highest BCUT2D eigenvalue weighted by atomic mass is 32.2. The van der Waals surface area contributed by atoms with Crippen LogP contribution in [0.5, 0.6) is 11.5 Å². The highest BCUT2D eigenvalue weighted by Gasteiger charge is 2.16. The van der Waals surface area contributed by atoms with E-state index in [1.54, 1.807) is 19.2 Å². The lowest BCUT2D eigenvalue weighted by molar-refractivity contribution is 0.355. The molecule has 2 aromatic heterocycles. The van der Waals surface area contributed by atoms with Crippen molar-refractivity contribution in [1.29, 1.82) is 0 Å². The smallest absolute Gasteiger partial charge is 0.258 e. The maximum absolute atomic E-state index is 12.7. The minimum Gasteiger partial charge on any atom is -0.493 e. The summed E-state index contributed by atoms with van der Waals surface area (Å²) >= 11 is 1.48. The summed E-state index contributed by atoms with van der Waals surface area (Å²) in [5.74, 6) is 2.00. The Labute approximate surface area is 200 Å². The number of benzene rings is 3. The van der Waals surface area contributed by atoms with Crippen molar-refractivity contribution in [2.75, 3.05) is 14.2 Å². The zero-order valence-electron chi connectivity index (χ0n) is 18.7. The molecule has 0 aliphatic rings. The zero-order chi connectivity index (χ0) is 23.5. The van der Waals surface area contributed by atoms with Crippen LogP contribution in [0.4, 0.5) is 0 Å². The van der Waals surface area contributed by atoms with Crippen LogP contribution in [-0.2, 0) is 5.75 Å². The quantitative estimate of drug-likeness (QED) is 0.314. The first-order valence-corrected chi connectivity index (χ1v) is 11.6. The molecule has 3 aromatic carbocycles. The van der Waals surface area contributed by atoms with Crippen LogP contribution < -0.4 is 15.0 Å². The number of ether oxygens (including phenoxy) is 2. The SMILES string of the molecule is COc1cc2nc(CSc3nc(-c4ccccc4)c(-c4ccccc4)[nH]3)[nH]c(=O)c2cc1OC. The van der Waals surface area contributed by atoms with Crippen molar-refractivity contribution in [2.24, 2.45) is 0 Å². The molecule has 0 saturated heterocycles. The molecule has 0 spiro atoms. The van der Waals surface area contributed by atoms with Gasteiger partial charge in [-0.2, -0.15) is 0 Å². The maximum atomic E-state index is 12.7. The summed E-state index contributed by atoms with van der Waals surface area (Å²) in [6.45, 7) is 0. The van der Waals surface area contributed by atoms with Crippen LogP contribution in [0.2, 0.25) is 0 Å². The van der Waals surface area contributed by atoms with Crippen molar-refractivity contribution >= 4 is 22.7 Å². The molecule has 8 heteroatoms. The van der Waals surface area contributed by atoms with E-state index in [2.05, 4.69) is 27.1 Å². The Morgan fingerprint density at radius 1 is 0.824 bits per heavy atom. The minimum atomic E-state index is -0.226. The fraction of sp³-hybridized carbons (Fsp3) is 0.115. The molecular formula is C26H22N4O3S. The number of methoxy groups -OCH3 is 2. The number of rotatable bonds is 7. The average molecular weight is 471 g/mol. The van der Waals surface area contributed by atoms with E-state index < -0.39 is 0 Å². The standard InChI is InChI=1S/C26H22N4O3S/c1-32-20-13-18-19(14-21(20)33-2)27-22(28-25(18)31)15-34-26-29-23(16-9-5-3-6-10-16)24(30-26)17-11-7-4-8-12-17/h3-14H,15H2,1-2H3,(H,29,30)(H,27,28,31). The Morgan fingerprint density at radius 2 is 1.47 bits per heavy atom. The third kappa shape index (κ3) is 4.27. The van der Waals surface area contributed by atoms with Crippen molar-refractivity contribution in [1.82, 2.24) is 19.9 Å². The number of aromatic amines is 2. The monoisotopic (exact) mass is 470 g/mol. The normalized spacial score (nSPS) is 11.0. The number of nitrogens with one attached hydrogen (secondary N) is 2. The van der Waals surface area contributed by atoms with Crippen LogP contribution in [-0.4, -0.2) is 34.2 Å². The number of H-pyrrole nitrogens is 2. The molecule has 2 N–H and O–H groups in total. The van der Waals surface area contributed by atoms with Crippen LogP contribution in [0.3, 0.4) is 0 Å². The lowest BCUT2D eigenvalue weighted by Gasteiger charge is -2.09. The second-order valence-corrected chi connectivity index (χ2v) is 8.49. The molecule has 170 valence electrons. The minimum absolute atomic E-state index is 0.226. The van der Waals surface area contributed by atoms with E-state index in [4.69, 9.17) is 14.5 Å². The molecule has 0 fully saturated rings. The fourth-order valence-corrected chi connectivity index (χ4v) is 4.50. The third-order valence-electron chi connectivity index (χ3n) is 5.40. The molecule has 0 aliphatic heterocycles. The van der Waals surface area contributed by atoms with Crippen molar-refractivity contribution in [2.45, 2.75) is 10.9 Å². The summed E-state index contributed by atoms with van der Waals surface area (Å²) in [7, 11) is 3.09. The van der Waals surface area contributed by atoms with Crippen molar-refractivity contribution in [3.05, 3.63) is 89.0 Å². The van der Waals surface area contributed by atoms with Crippen molar-refractivity contribution < 1.29 is 9.47 Å². The van der Waals surface area contributed by atoms with Crippen LogP contribution in [0.1, 0.15) is 5.82 Å². The van der Waals surface area contributed by atoms with E-state index in [1.807, 2.05) is 48.5 Å². The Bertz CT molecular complexity index is 1440. The van der Waals surface area contributed by atoms with Gasteiger partial charge in [-0.15, -0.1) is 0 Å². The zero-order valence-corrected chi connectivity index (χ0v) is 19.5. The largest absolute Gasteiger partial charge is 0.493 e. The van der Waals surface area contributed by atoms with Gasteiger partial charge in [-0.25, -0.2) is 9.97 Å². The summed E-state index contributed by atoms with van der Waals surface area (Å²) < 4.78 is 10.7. The lowest BCUT2D eigenvalue weighted by Crippen LogP contribution is -2.11. The molecule has 7 nitrogen and oxygen atoms in total. The topological polar surface area (TPSA) is 92.9 Å². The summed E-state index contributed by atoms with van der Waals surface area (Å²) in [5.41, 5.74) is 4.24. The second kappa shape index (κ2) is 9.44. The number of imidazole rings is 1. The van der Waals surface area contributed by atoms with E-state index in [1.165, 1.54) is 18.9 Å². The maximum Gasteiger partial charge on any atom is 0.258 e. The predicted octanol–water partition coefficient (Wildman–Crippen LogP) is 5.29. The molecule has 0 saturated carbocycles. The molecule has 5 rings (SSSR count). The van der Waals surface area contributed by atoms with E-state index in [-0.39, 0.29) is 5.56 Å². The third-order valence-corrected chi connectivity index (χ3v) is 6.28. The number of hydrogen-bond donors (Lipinski definition) is 2. The molecule has 0 radical (unpaired) electrons. The van der Waals surface area contributed by atoms with Crippen molar-refractivity contribution in [3.63, 3.8) is 0 Å². The van der Waals surface area contributed by atoms with Gasteiger partial charge in [0, 0.05) is 17.2 Å². The van der Waals surface area contributed by atoms with Crippen LogP contribution in [0.15, 0.2) is 82.7 Å². The summed E-state index contributed by atoms with van der Waals surface area (Å²) in [6, 6.07) is 23.5. The Kier molecular flexibility index (Phi) is 6.05. The number of nitrogens with zero attached hydrogens (tertiary/aromatic N) is 2. The number of thioether (sulfide) groups is 1. The first-order valence-electron chi connectivity index (χ1n) is 10.6. The first-order chi connectivity index (χ1) is 16.7. The van der Waals surface area contributed by atoms with Crippen LogP contribution in [0.25, 0.3) is 33.4 Å². The first kappa shape index (κ1) is 21.8. The highest BCUT2D eigenvalue weighted by molar-refractivity contribution is 7.98. The van der Waals surface area contributed by atoms with Gasteiger partial charge in [0.25, 0.3) is 5.56 Å². The molecule has 0 aliphatic carbocycles. The number of hydrogen-bond acceptors (Lipinski definition) is 6. The molecule has 5 aromatic rings. The molecular weight excluding hydrogens is 448 g/mol. The molecule has 0 unspecified atom stereocenters. The summed E-state index contributed by atoms with van der Waals surface area (Å²) in [5, 5.41) is 1.19. The van der Waals surface area contributed by atoms with Gasteiger partial charge in [0.15, 0.2) is 16.7 Å². The van der Waals surface area contributed by atoms with Crippen molar-refractivity contribution in [3.8, 4) is 34.0 Å². The van der Waals surface area contributed by atoms with Gasteiger partial charge in [0.1, 0.15) is 5.82 Å². The summed E-state index contributed by atoms with van der Waals surface area (Å²) in [4.78, 5) is 28.5. The van der Waals surface area contributed by atoms with Crippen LogP contribution in [0, 0.1) is 0 Å². The highest BCUT2D eigenvalue weighted by Crippen LogP contribution is 2.34.